The van der Waals surface area contributed by atoms with E-state index < -0.39 is 11.7 Å². The average molecular weight is 446 g/mol. The molecule has 7 nitrogen and oxygen atoms in total. The summed E-state index contributed by atoms with van der Waals surface area (Å²) in [7, 11) is 1.39. The van der Waals surface area contributed by atoms with Gasteiger partial charge in [0.05, 0.1) is 18.9 Å². The van der Waals surface area contributed by atoms with Gasteiger partial charge in [-0.2, -0.15) is 10.4 Å². The fraction of sp³-hybridized carbons (Fsp3) is 0.240. The van der Waals surface area contributed by atoms with Crippen molar-refractivity contribution in [3.8, 4) is 28.8 Å². The number of hydrogen-bond donors (Lipinski definition) is 1. The minimum absolute atomic E-state index is 0.0347. The number of aromatic nitrogens is 2. The Kier molecular flexibility index (Phi) is 6.81. The predicted molar refractivity (Wildman–Crippen MR) is 121 cm³/mol. The number of amides is 1. The monoisotopic (exact) mass is 446 g/mol. The molecule has 1 aliphatic rings. The van der Waals surface area contributed by atoms with Crippen LogP contribution in [0.1, 0.15) is 18.4 Å². The summed E-state index contributed by atoms with van der Waals surface area (Å²) in [5.74, 6) is -0.911. The van der Waals surface area contributed by atoms with Crippen LogP contribution in [-0.4, -0.2) is 42.1 Å². The minimum Gasteiger partial charge on any atom is -0.494 e. The number of nitriles is 1. The summed E-state index contributed by atoms with van der Waals surface area (Å²) in [4.78, 5) is 12.6. The number of benzene rings is 2. The summed E-state index contributed by atoms with van der Waals surface area (Å²) in [6.45, 7) is 1.03. The molecule has 1 saturated heterocycles. The van der Waals surface area contributed by atoms with Gasteiger partial charge < -0.3 is 14.8 Å². The fourth-order valence-corrected chi connectivity index (χ4v) is 3.66. The predicted octanol–water partition coefficient (Wildman–Crippen LogP) is 3.89. The molecule has 1 amide bonds. The van der Waals surface area contributed by atoms with Crippen molar-refractivity contribution in [1.82, 2.24) is 15.1 Å². The van der Waals surface area contributed by atoms with Gasteiger partial charge in [0.1, 0.15) is 17.3 Å². The molecule has 0 bridgehead atoms. The number of nitrogens with one attached hydrogen (secondary N) is 1. The topological polar surface area (TPSA) is 89.2 Å². The molecular weight excluding hydrogens is 423 g/mol. The Bertz CT molecular complexity index is 1210. The number of para-hydroxylation sites is 1. The normalized spacial score (nSPS) is 15.8. The molecule has 0 unspecified atom stereocenters. The van der Waals surface area contributed by atoms with Crippen LogP contribution in [0.5, 0.6) is 5.75 Å². The molecule has 1 aliphatic heterocycles. The Balaban J connectivity index is 1.70. The number of halogens is 1. The van der Waals surface area contributed by atoms with E-state index in [4.69, 9.17) is 9.47 Å². The highest BCUT2D eigenvalue weighted by Crippen LogP contribution is 2.29. The van der Waals surface area contributed by atoms with Crippen molar-refractivity contribution in [3.63, 3.8) is 0 Å². The number of rotatable bonds is 7. The maximum absolute atomic E-state index is 14.4. The van der Waals surface area contributed by atoms with Crippen molar-refractivity contribution in [2.24, 2.45) is 0 Å². The summed E-state index contributed by atoms with van der Waals surface area (Å²) < 4.78 is 26.5. The first-order chi connectivity index (χ1) is 16.1. The highest BCUT2D eigenvalue weighted by molar-refractivity contribution is 6.02. The smallest absolute Gasteiger partial charge is 0.262 e. The molecule has 1 N–H and O–H groups in total. The molecule has 1 aromatic heterocycles. The first kappa shape index (κ1) is 22.2. The summed E-state index contributed by atoms with van der Waals surface area (Å²) >= 11 is 0. The van der Waals surface area contributed by atoms with Crippen LogP contribution >= 0.6 is 0 Å². The van der Waals surface area contributed by atoms with Gasteiger partial charge >= 0.3 is 0 Å². The van der Waals surface area contributed by atoms with Crippen LogP contribution < -0.4 is 10.1 Å². The largest absolute Gasteiger partial charge is 0.494 e. The average Bonchev–Trinajstić information content (AvgIpc) is 3.51. The van der Waals surface area contributed by atoms with Crippen LogP contribution in [0, 0.1) is 17.1 Å². The SMILES string of the molecule is COc1ccc(-c2nn(-c3ccccc3)cc2/C=C(/C#N)C(=O)NC[C@H]2CCCO2)cc1F. The van der Waals surface area contributed by atoms with Crippen LogP contribution in [0.4, 0.5) is 4.39 Å². The zero-order valence-corrected chi connectivity index (χ0v) is 18.1. The summed E-state index contributed by atoms with van der Waals surface area (Å²) in [5, 5.41) is 17.0. The lowest BCUT2D eigenvalue weighted by Gasteiger charge is -2.10. The number of methoxy groups -OCH3 is 1. The Morgan fingerprint density at radius 2 is 2.18 bits per heavy atom. The molecular formula is C25H23FN4O3. The standard InChI is InChI=1S/C25H23FN4O3/c1-32-23-10-9-17(13-22(23)26)24-19(16-30(29-24)20-6-3-2-4-7-20)12-18(14-27)25(31)28-15-21-8-5-11-33-21/h2-4,6-7,9-10,12-13,16,21H,5,8,11,15H2,1H3,(H,28,31)/b18-12-/t21-/m1/s1. The number of hydrogen-bond acceptors (Lipinski definition) is 5. The molecule has 3 aromatic rings. The number of ether oxygens (including phenoxy) is 2. The van der Waals surface area contributed by atoms with Crippen molar-refractivity contribution < 1.29 is 18.7 Å². The first-order valence-electron chi connectivity index (χ1n) is 10.6. The van der Waals surface area contributed by atoms with Gasteiger partial charge in [-0.1, -0.05) is 18.2 Å². The van der Waals surface area contributed by atoms with Crippen LogP contribution in [0.2, 0.25) is 0 Å². The van der Waals surface area contributed by atoms with E-state index in [1.165, 1.54) is 25.3 Å². The molecule has 0 spiro atoms. The Morgan fingerprint density at radius 1 is 1.36 bits per heavy atom. The van der Waals surface area contributed by atoms with Crippen LogP contribution in [0.25, 0.3) is 23.0 Å². The second-order valence-electron chi connectivity index (χ2n) is 7.58. The molecule has 2 aromatic carbocycles. The van der Waals surface area contributed by atoms with E-state index in [1.54, 1.807) is 16.9 Å². The maximum Gasteiger partial charge on any atom is 0.262 e. The van der Waals surface area contributed by atoms with Gasteiger partial charge in [-0.3, -0.25) is 4.79 Å². The highest BCUT2D eigenvalue weighted by Gasteiger charge is 2.19. The lowest BCUT2D eigenvalue weighted by molar-refractivity contribution is -0.117. The Labute approximate surface area is 191 Å². The minimum atomic E-state index is -0.533. The zero-order chi connectivity index (χ0) is 23.2. The van der Waals surface area contributed by atoms with E-state index in [1.807, 2.05) is 36.4 Å². The molecule has 168 valence electrons. The molecule has 1 atom stereocenters. The molecule has 2 heterocycles. The number of carbonyl (C=O) groups excluding carboxylic acids is 1. The molecule has 4 rings (SSSR count). The van der Waals surface area contributed by atoms with Gasteiger partial charge in [-0.25, -0.2) is 9.07 Å². The van der Waals surface area contributed by atoms with Crippen molar-refractivity contribution in [1.29, 1.82) is 5.26 Å². The number of carbonyl (C=O) groups is 1. The zero-order valence-electron chi connectivity index (χ0n) is 18.1. The lowest BCUT2D eigenvalue weighted by Crippen LogP contribution is -2.32. The Hall–Kier alpha value is -3.96. The van der Waals surface area contributed by atoms with Gasteiger partial charge in [0.2, 0.25) is 0 Å². The quantitative estimate of drug-likeness (QED) is 0.439. The summed E-state index contributed by atoms with van der Waals surface area (Å²) in [6, 6.07) is 15.9. The fourth-order valence-electron chi connectivity index (χ4n) is 3.66. The highest BCUT2D eigenvalue weighted by atomic mass is 19.1. The van der Waals surface area contributed by atoms with Crippen LogP contribution in [0.3, 0.4) is 0 Å². The summed E-state index contributed by atoms with van der Waals surface area (Å²) in [6.07, 6.45) is 4.98. The maximum atomic E-state index is 14.4. The summed E-state index contributed by atoms with van der Waals surface area (Å²) in [5.41, 5.74) is 2.14. The van der Waals surface area contributed by atoms with Crippen molar-refractivity contribution in [2.75, 3.05) is 20.3 Å². The van der Waals surface area contributed by atoms with E-state index in [0.29, 0.717) is 30.0 Å². The van der Waals surface area contributed by atoms with Crippen LogP contribution in [0.15, 0.2) is 60.3 Å². The molecule has 1 fully saturated rings. The van der Waals surface area contributed by atoms with Gasteiger partial charge in [-0.05, 0) is 49.2 Å². The van der Waals surface area contributed by atoms with Crippen molar-refractivity contribution in [3.05, 3.63) is 71.7 Å². The molecule has 0 radical (unpaired) electrons. The van der Waals surface area contributed by atoms with Crippen LogP contribution in [-0.2, 0) is 9.53 Å². The molecule has 8 heteroatoms. The third-order valence-corrected chi connectivity index (χ3v) is 5.37. The Morgan fingerprint density at radius 3 is 2.85 bits per heavy atom. The van der Waals surface area contributed by atoms with E-state index in [2.05, 4.69) is 10.4 Å². The van der Waals surface area contributed by atoms with E-state index in [-0.39, 0.29) is 17.4 Å². The van der Waals surface area contributed by atoms with Gasteiger partial charge in [0, 0.05) is 30.5 Å². The lowest BCUT2D eigenvalue weighted by atomic mass is 10.1. The van der Waals surface area contributed by atoms with Crippen molar-refractivity contribution in [2.45, 2.75) is 18.9 Å². The third kappa shape index (κ3) is 5.10. The third-order valence-electron chi connectivity index (χ3n) is 5.37. The first-order valence-corrected chi connectivity index (χ1v) is 10.6. The molecule has 0 saturated carbocycles. The van der Waals surface area contributed by atoms with Crippen molar-refractivity contribution >= 4 is 12.0 Å². The van der Waals surface area contributed by atoms with E-state index >= 15 is 0 Å². The number of nitrogens with zero attached hydrogens (tertiary/aromatic N) is 3. The van der Waals surface area contributed by atoms with E-state index in [0.717, 1.165) is 18.5 Å². The van der Waals surface area contributed by atoms with E-state index in [9.17, 15) is 14.4 Å². The second-order valence-corrected chi connectivity index (χ2v) is 7.58. The van der Waals surface area contributed by atoms with Gasteiger partial charge in [0.25, 0.3) is 5.91 Å². The molecule has 33 heavy (non-hydrogen) atoms. The molecule has 0 aliphatic carbocycles. The second kappa shape index (κ2) is 10.1. The van der Waals surface area contributed by atoms with Gasteiger partial charge in [-0.15, -0.1) is 0 Å². The van der Waals surface area contributed by atoms with Gasteiger partial charge in [0.15, 0.2) is 11.6 Å².